The quantitative estimate of drug-likeness (QED) is 0.756. The van der Waals surface area contributed by atoms with E-state index in [1.807, 2.05) is 38.1 Å². The van der Waals surface area contributed by atoms with Gasteiger partial charge >= 0.3 is 0 Å². The molecule has 0 saturated heterocycles. The monoisotopic (exact) mass is 279 g/mol. The van der Waals surface area contributed by atoms with E-state index < -0.39 is 9.70 Å². The third-order valence-electron chi connectivity index (χ3n) is 2.12. The summed E-state index contributed by atoms with van der Waals surface area (Å²) >= 11 is 16.8. The molecule has 0 saturated carbocycles. The molecule has 0 spiro atoms. The number of rotatable bonds is 2. The third kappa shape index (κ3) is 3.27. The van der Waals surface area contributed by atoms with E-state index in [0.717, 1.165) is 11.3 Å². The Hall–Kier alpha value is -0.440. The number of carbonyl (C=O) groups is 1. The van der Waals surface area contributed by atoms with Gasteiger partial charge in [-0.2, -0.15) is 0 Å². The van der Waals surface area contributed by atoms with Crippen LogP contribution < -0.4 is 4.90 Å². The highest BCUT2D eigenvalue weighted by Crippen LogP contribution is 2.30. The SMILES string of the molecule is CCN(C(=O)C(Cl)(Cl)Cl)c1cccc(C)c1. The van der Waals surface area contributed by atoms with Crippen LogP contribution in [-0.4, -0.2) is 16.2 Å². The van der Waals surface area contributed by atoms with Gasteiger partial charge in [-0.15, -0.1) is 0 Å². The second kappa shape index (κ2) is 5.26. The fraction of sp³-hybridized carbons (Fsp3) is 0.364. The van der Waals surface area contributed by atoms with Crippen LogP contribution >= 0.6 is 34.8 Å². The van der Waals surface area contributed by atoms with Gasteiger partial charge in [-0.25, -0.2) is 0 Å². The summed E-state index contributed by atoms with van der Waals surface area (Å²) < 4.78 is -1.92. The van der Waals surface area contributed by atoms with Crippen molar-refractivity contribution in [3.05, 3.63) is 29.8 Å². The molecule has 0 aliphatic rings. The fourth-order valence-corrected chi connectivity index (χ4v) is 1.70. The highest BCUT2D eigenvalue weighted by molar-refractivity contribution is 6.76. The summed E-state index contributed by atoms with van der Waals surface area (Å²) in [6, 6.07) is 7.48. The second-order valence-electron chi connectivity index (χ2n) is 3.39. The summed E-state index contributed by atoms with van der Waals surface area (Å²) in [5.41, 5.74) is 1.78. The van der Waals surface area contributed by atoms with Crippen molar-refractivity contribution in [1.82, 2.24) is 0 Å². The maximum atomic E-state index is 11.8. The van der Waals surface area contributed by atoms with Crippen molar-refractivity contribution in [2.45, 2.75) is 17.6 Å². The summed E-state index contributed by atoms with van der Waals surface area (Å²) in [6.45, 7) is 4.23. The molecule has 5 heteroatoms. The van der Waals surface area contributed by atoms with Gasteiger partial charge in [0.2, 0.25) is 0 Å². The molecule has 0 N–H and O–H groups in total. The molecule has 88 valence electrons. The molecule has 0 fully saturated rings. The molecule has 0 aromatic heterocycles. The molecule has 0 heterocycles. The van der Waals surface area contributed by atoms with E-state index in [4.69, 9.17) is 34.8 Å². The lowest BCUT2D eigenvalue weighted by molar-refractivity contribution is -0.117. The Balaban J connectivity index is 3.04. The molecule has 0 radical (unpaired) electrons. The zero-order chi connectivity index (χ0) is 12.3. The van der Waals surface area contributed by atoms with Crippen LogP contribution in [0.2, 0.25) is 0 Å². The van der Waals surface area contributed by atoms with Crippen molar-refractivity contribution in [3.63, 3.8) is 0 Å². The van der Waals surface area contributed by atoms with E-state index in [0.29, 0.717) is 6.54 Å². The number of alkyl halides is 3. The van der Waals surface area contributed by atoms with Gasteiger partial charge in [0, 0.05) is 12.2 Å². The topological polar surface area (TPSA) is 20.3 Å². The number of amides is 1. The summed E-state index contributed by atoms with van der Waals surface area (Å²) in [4.78, 5) is 13.3. The number of hydrogen-bond acceptors (Lipinski definition) is 1. The third-order valence-corrected chi connectivity index (χ3v) is 2.60. The summed E-state index contributed by atoms with van der Waals surface area (Å²) in [7, 11) is 0. The van der Waals surface area contributed by atoms with Crippen molar-refractivity contribution >= 4 is 46.4 Å². The molecule has 1 aromatic carbocycles. The van der Waals surface area contributed by atoms with Gasteiger partial charge in [0.25, 0.3) is 9.70 Å². The average Bonchev–Trinajstić information content (AvgIpc) is 2.17. The van der Waals surface area contributed by atoms with Gasteiger partial charge in [0.05, 0.1) is 0 Å². The molecule has 0 aliphatic heterocycles. The van der Waals surface area contributed by atoms with Gasteiger partial charge in [0.15, 0.2) is 0 Å². The largest absolute Gasteiger partial charge is 0.309 e. The smallest absolute Gasteiger partial charge is 0.279 e. The zero-order valence-corrected chi connectivity index (χ0v) is 11.3. The minimum atomic E-state index is -1.92. The number of benzene rings is 1. The van der Waals surface area contributed by atoms with Crippen LogP contribution in [0.4, 0.5) is 5.69 Å². The summed E-state index contributed by atoms with van der Waals surface area (Å²) in [6.07, 6.45) is 0. The van der Waals surface area contributed by atoms with Crippen LogP contribution in [0.5, 0.6) is 0 Å². The average molecular weight is 281 g/mol. The Labute approximate surface area is 110 Å². The summed E-state index contributed by atoms with van der Waals surface area (Å²) in [5, 5.41) is 0. The predicted octanol–water partition coefficient (Wildman–Crippen LogP) is 3.72. The maximum Gasteiger partial charge on any atom is 0.279 e. The molecule has 1 aromatic rings. The Morgan fingerprint density at radius 3 is 2.44 bits per heavy atom. The Bertz CT molecular complexity index is 387. The highest BCUT2D eigenvalue weighted by atomic mass is 35.6. The number of halogens is 3. The van der Waals surface area contributed by atoms with Gasteiger partial charge in [0.1, 0.15) is 0 Å². The van der Waals surface area contributed by atoms with E-state index in [9.17, 15) is 4.79 Å². The molecular formula is C11H12Cl3NO. The van der Waals surface area contributed by atoms with Crippen LogP contribution in [-0.2, 0) is 4.79 Å². The molecule has 16 heavy (non-hydrogen) atoms. The van der Waals surface area contributed by atoms with Crippen LogP contribution in [0.3, 0.4) is 0 Å². The first-order valence-corrected chi connectivity index (χ1v) is 5.95. The number of anilines is 1. The van der Waals surface area contributed by atoms with E-state index in [1.165, 1.54) is 4.90 Å². The van der Waals surface area contributed by atoms with Crippen molar-refractivity contribution < 1.29 is 4.79 Å². The zero-order valence-electron chi connectivity index (χ0n) is 9.01. The Kier molecular flexibility index (Phi) is 4.48. The minimum Gasteiger partial charge on any atom is -0.309 e. The number of aryl methyl sites for hydroxylation is 1. The first kappa shape index (κ1) is 13.6. The second-order valence-corrected chi connectivity index (χ2v) is 5.67. The lowest BCUT2D eigenvalue weighted by Gasteiger charge is -2.24. The van der Waals surface area contributed by atoms with Crippen molar-refractivity contribution in [2.75, 3.05) is 11.4 Å². The first-order valence-electron chi connectivity index (χ1n) is 4.81. The van der Waals surface area contributed by atoms with Crippen LogP contribution in [0, 0.1) is 6.92 Å². The predicted molar refractivity (Wildman–Crippen MR) is 69.5 cm³/mol. The van der Waals surface area contributed by atoms with Crippen molar-refractivity contribution in [2.24, 2.45) is 0 Å². The lowest BCUT2D eigenvalue weighted by Crippen LogP contribution is -2.39. The Morgan fingerprint density at radius 2 is 2.00 bits per heavy atom. The van der Waals surface area contributed by atoms with Gasteiger partial charge in [-0.1, -0.05) is 46.9 Å². The van der Waals surface area contributed by atoms with Crippen LogP contribution in [0.1, 0.15) is 12.5 Å². The van der Waals surface area contributed by atoms with E-state index in [2.05, 4.69) is 0 Å². The van der Waals surface area contributed by atoms with E-state index in [-0.39, 0.29) is 0 Å². The number of carbonyl (C=O) groups excluding carboxylic acids is 1. The molecule has 1 amide bonds. The fourth-order valence-electron chi connectivity index (χ4n) is 1.39. The molecule has 0 unspecified atom stereocenters. The van der Waals surface area contributed by atoms with Crippen LogP contribution in [0.25, 0.3) is 0 Å². The van der Waals surface area contributed by atoms with Crippen LogP contribution in [0.15, 0.2) is 24.3 Å². The van der Waals surface area contributed by atoms with Gasteiger partial charge < -0.3 is 4.90 Å². The molecule has 0 atom stereocenters. The summed E-state index contributed by atoms with van der Waals surface area (Å²) in [5.74, 6) is -0.536. The molecule has 0 bridgehead atoms. The number of nitrogens with zero attached hydrogens (tertiary/aromatic N) is 1. The lowest BCUT2D eigenvalue weighted by atomic mass is 10.2. The Morgan fingerprint density at radius 1 is 1.38 bits per heavy atom. The van der Waals surface area contributed by atoms with Crippen molar-refractivity contribution in [1.29, 1.82) is 0 Å². The molecular weight excluding hydrogens is 268 g/mol. The molecule has 2 nitrogen and oxygen atoms in total. The van der Waals surface area contributed by atoms with E-state index in [1.54, 1.807) is 0 Å². The molecule has 0 aliphatic carbocycles. The standard InChI is InChI=1S/C11H12Cl3NO/c1-3-15(10(16)11(12,13)14)9-6-4-5-8(2)7-9/h4-7H,3H2,1-2H3. The van der Waals surface area contributed by atoms with Crippen molar-refractivity contribution in [3.8, 4) is 0 Å². The normalized spacial score (nSPS) is 11.3. The maximum absolute atomic E-state index is 11.8. The van der Waals surface area contributed by atoms with Gasteiger partial charge in [-0.05, 0) is 31.5 Å². The first-order chi connectivity index (χ1) is 7.36. The number of hydrogen-bond donors (Lipinski definition) is 0. The molecule has 1 rings (SSSR count). The highest BCUT2D eigenvalue weighted by Gasteiger charge is 2.35. The van der Waals surface area contributed by atoms with Gasteiger partial charge in [-0.3, -0.25) is 4.79 Å². The van der Waals surface area contributed by atoms with E-state index >= 15 is 0 Å². The minimum absolute atomic E-state index is 0.455.